The van der Waals surface area contributed by atoms with Crippen molar-refractivity contribution >= 4 is 5.69 Å². The van der Waals surface area contributed by atoms with Gasteiger partial charge < -0.3 is 4.74 Å². The molecule has 1 aliphatic rings. The third-order valence-electron chi connectivity index (χ3n) is 3.80. The van der Waals surface area contributed by atoms with Crippen molar-refractivity contribution in [2.24, 2.45) is 0 Å². The zero-order valence-electron chi connectivity index (χ0n) is 11.7. The Morgan fingerprint density at radius 3 is 2.63 bits per heavy atom. The van der Waals surface area contributed by atoms with Crippen molar-refractivity contribution in [2.45, 2.75) is 20.4 Å². The molecule has 19 heavy (non-hydrogen) atoms. The second kappa shape index (κ2) is 4.35. The minimum atomic E-state index is 0.668. The molecule has 3 heteroatoms. The van der Waals surface area contributed by atoms with Crippen molar-refractivity contribution in [3.05, 3.63) is 53.3 Å². The van der Waals surface area contributed by atoms with Crippen molar-refractivity contribution in [2.75, 3.05) is 13.8 Å². The molecule has 1 aromatic heterocycles. The molecule has 1 atom stereocenters. The van der Waals surface area contributed by atoms with Gasteiger partial charge in [-0.15, -0.1) is 0 Å². The fourth-order valence-electron chi connectivity index (χ4n) is 2.86. The molecule has 0 amide bonds. The van der Waals surface area contributed by atoms with Crippen LogP contribution in [0.1, 0.15) is 16.7 Å². The molecule has 98 valence electrons. The van der Waals surface area contributed by atoms with Gasteiger partial charge in [0, 0.05) is 30.1 Å². The van der Waals surface area contributed by atoms with Gasteiger partial charge in [-0.25, -0.2) is 0 Å². The summed E-state index contributed by atoms with van der Waals surface area (Å²) in [7, 11) is 2.20. The Morgan fingerprint density at radius 1 is 1.16 bits per heavy atom. The molecule has 0 saturated heterocycles. The smallest absolute Gasteiger partial charge is 0.228 e. The standard InChI is InChI=1S/C16H19N2O/c1-12-8-13(2)16-14(9-12)10-18(3,11-19-16)15-4-6-17-7-5-15/h4-9H,10-11H2,1-3H3/q+1. The van der Waals surface area contributed by atoms with E-state index in [1.807, 2.05) is 12.4 Å². The van der Waals surface area contributed by atoms with E-state index in [0.717, 1.165) is 16.8 Å². The van der Waals surface area contributed by atoms with E-state index < -0.39 is 0 Å². The zero-order chi connectivity index (χ0) is 13.5. The van der Waals surface area contributed by atoms with E-state index in [2.05, 4.69) is 50.1 Å². The van der Waals surface area contributed by atoms with Gasteiger partial charge in [-0.05, 0) is 25.5 Å². The lowest BCUT2D eigenvalue weighted by atomic mass is 10.0. The van der Waals surface area contributed by atoms with Crippen molar-refractivity contribution < 1.29 is 4.74 Å². The lowest BCUT2D eigenvalue weighted by Gasteiger charge is -2.38. The largest absolute Gasteiger partial charge is 0.444 e. The van der Waals surface area contributed by atoms with Crippen LogP contribution in [0.4, 0.5) is 5.69 Å². The minimum absolute atomic E-state index is 0.668. The van der Waals surface area contributed by atoms with Crippen LogP contribution in [0.15, 0.2) is 36.7 Å². The quantitative estimate of drug-likeness (QED) is 0.730. The highest BCUT2D eigenvalue weighted by Crippen LogP contribution is 2.35. The maximum atomic E-state index is 6.03. The van der Waals surface area contributed by atoms with Crippen LogP contribution < -0.4 is 9.22 Å². The Labute approximate surface area is 114 Å². The summed E-state index contributed by atoms with van der Waals surface area (Å²) in [6, 6.07) is 8.55. The number of hydrogen-bond acceptors (Lipinski definition) is 2. The SMILES string of the molecule is Cc1cc(C)c2c(c1)C[N+](C)(c1ccncc1)CO2. The van der Waals surface area contributed by atoms with E-state index in [1.54, 1.807) is 0 Å². The first-order valence-corrected chi connectivity index (χ1v) is 6.56. The summed E-state index contributed by atoms with van der Waals surface area (Å²) in [4.78, 5) is 4.09. The molecule has 0 spiro atoms. The number of fused-ring (bicyclic) bond motifs is 1. The predicted octanol–water partition coefficient (Wildman–Crippen LogP) is 3.19. The minimum Gasteiger partial charge on any atom is -0.444 e. The maximum absolute atomic E-state index is 6.03. The van der Waals surface area contributed by atoms with Crippen LogP contribution in [-0.4, -0.2) is 18.8 Å². The molecule has 1 aliphatic heterocycles. The Kier molecular flexibility index (Phi) is 2.79. The summed E-state index contributed by atoms with van der Waals surface area (Å²) < 4.78 is 6.79. The first kappa shape index (κ1) is 12.2. The molecule has 2 heterocycles. The number of pyridine rings is 1. The van der Waals surface area contributed by atoms with Gasteiger partial charge >= 0.3 is 0 Å². The summed E-state index contributed by atoms with van der Waals surface area (Å²) in [6.07, 6.45) is 3.69. The number of aryl methyl sites for hydroxylation is 2. The first-order valence-electron chi connectivity index (χ1n) is 6.56. The zero-order valence-corrected chi connectivity index (χ0v) is 11.7. The number of ether oxygens (including phenoxy) is 1. The molecule has 0 radical (unpaired) electrons. The summed E-state index contributed by atoms with van der Waals surface area (Å²) >= 11 is 0. The molecule has 3 nitrogen and oxygen atoms in total. The molecular weight excluding hydrogens is 236 g/mol. The second-order valence-corrected chi connectivity index (χ2v) is 5.60. The topological polar surface area (TPSA) is 22.1 Å². The van der Waals surface area contributed by atoms with Gasteiger partial charge in [0.2, 0.25) is 6.73 Å². The van der Waals surface area contributed by atoms with Crippen LogP contribution >= 0.6 is 0 Å². The fourth-order valence-corrected chi connectivity index (χ4v) is 2.86. The van der Waals surface area contributed by atoms with E-state index in [0.29, 0.717) is 6.73 Å². The molecule has 1 aromatic carbocycles. The first-order chi connectivity index (χ1) is 9.08. The monoisotopic (exact) mass is 255 g/mol. The number of nitrogens with zero attached hydrogens (tertiary/aromatic N) is 2. The number of rotatable bonds is 1. The van der Waals surface area contributed by atoms with Crippen LogP contribution in [0, 0.1) is 13.8 Å². The summed E-state index contributed by atoms with van der Waals surface area (Å²) in [5.74, 6) is 1.07. The average Bonchev–Trinajstić information content (AvgIpc) is 2.39. The molecule has 0 bridgehead atoms. The van der Waals surface area contributed by atoms with Crippen molar-refractivity contribution in [1.29, 1.82) is 0 Å². The summed E-state index contributed by atoms with van der Waals surface area (Å²) in [6.45, 7) is 5.88. The van der Waals surface area contributed by atoms with E-state index in [-0.39, 0.29) is 0 Å². The third-order valence-corrected chi connectivity index (χ3v) is 3.80. The van der Waals surface area contributed by atoms with Gasteiger partial charge in [-0.3, -0.25) is 9.47 Å². The lowest BCUT2D eigenvalue weighted by molar-refractivity contribution is 0.123. The van der Waals surface area contributed by atoms with Crippen LogP contribution in [0.3, 0.4) is 0 Å². The lowest BCUT2D eigenvalue weighted by Crippen LogP contribution is -2.49. The highest BCUT2D eigenvalue weighted by molar-refractivity contribution is 5.49. The van der Waals surface area contributed by atoms with Crippen molar-refractivity contribution in [1.82, 2.24) is 9.47 Å². The molecule has 2 aromatic rings. The Hall–Kier alpha value is -1.87. The third kappa shape index (κ3) is 2.10. The molecule has 0 fully saturated rings. The molecule has 0 aliphatic carbocycles. The van der Waals surface area contributed by atoms with Crippen LogP contribution in [0.5, 0.6) is 5.75 Å². The normalized spacial score (nSPS) is 21.6. The van der Waals surface area contributed by atoms with E-state index >= 15 is 0 Å². The van der Waals surface area contributed by atoms with E-state index in [1.165, 1.54) is 22.4 Å². The Balaban J connectivity index is 2.02. The molecule has 1 unspecified atom stereocenters. The van der Waals surface area contributed by atoms with Gasteiger partial charge in [-0.2, -0.15) is 0 Å². The number of aromatic nitrogens is 1. The highest BCUT2D eigenvalue weighted by atomic mass is 16.5. The van der Waals surface area contributed by atoms with Gasteiger partial charge in [0.25, 0.3) is 0 Å². The van der Waals surface area contributed by atoms with Gasteiger partial charge in [0.15, 0.2) is 0 Å². The fraction of sp³-hybridized carbons (Fsp3) is 0.312. The summed E-state index contributed by atoms with van der Waals surface area (Å²) in [5, 5.41) is 0. The van der Waals surface area contributed by atoms with Crippen molar-refractivity contribution in [3.63, 3.8) is 0 Å². The van der Waals surface area contributed by atoms with Gasteiger partial charge in [0.05, 0.1) is 7.05 Å². The van der Waals surface area contributed by atoms with Gasteiger partial charge in [0.1, 0.15) is 18.0 Å². The predicted molar refractivity (Wildman–Crippen MR) is 77.1 cm³/mol. The molecule has 3 rings (SSSR count). The molecule has 0 saturated carbocycles. The van der Waals surface area contributed by atoms with Crippen LogP contribution in [0.2, 0.25) is 0 Å². The number of hydrogen-bond donors (Lipinski definition) is 0. The molecular formula is C16H19N2O+. The van der Waals surface area contributed by atoms with Crippen LogP contribution in [-0.2, 0) is 6.54 Å². The second-order valence-electron chi connectivity index (χ2n) is 5.60. The van der Waals surface area contributed by atoms with Crippen molar-refractivity contribution in [3.8, 4) is 5.75 Å². The summed E-state index contributed by atoms with van der Waals surface area (Å²) in [5.41, 5.74) is 5.06. The van der Waals surface area contributed by atoms with E-state index in [9.17, 15) is 0 Å². The Bertz CT molecular complexity index is 610. The average molecular weight is 255 g/mol. The number of benzene rings is 1. The maximum Gasteiger partial charge on any atom is 0.228 e. The van der Waals surface area contributed by atoms with E-state index in [4.69, 9.17) is 4.74 Å². The number of quaternary nitrogens is 1. The Morgan fingerprint density at radius 2 is 1.89 bits per heavy atom. The van der Waals surface area contributed by atoms with Crippen LogP contribution in [0.25, 0.3) is 0 Å². The highest BCUT2D eigenvalue weighted by Gasteiger charge is 2.32. The van der Waals surface area contributed by atoms with Gasteiger partial charge in [-0.1, -0.05) is 11.6 Å². The molecule has 0 N–H and O–H groups in total.